The van der Waals surface area contributed by atoms with Gasteiger partial charge in [0, 0.05) is 39.0 Å². The van der Waals surface area contributed by atoms with Gasteiger partial charge < -0.3 is 9.80 Å². The summed E-state index contributed by atoms with van der Waals surface area (Å²) in [7, 11) is 0. The highest BCUT2D eigenvalue weighted by Gasteiger charge is 2.59. The Bertz CT molecular complexity index is 3110. The molecule has 2 atom stereocenters. The summed E-state index contributed by atoms with van der Waals surface area (Å²) in [6, 6.07) is 65.2. The molecule has 13 rings (SSSR count). The second kappa shape index (κ2) is 12.8. The van der Waals surface area contributed by atoms with E-state index >= 15 is 0 Å². The van der Waals surface area contributed by atoms with Crippen molar-refractivity contribution in [3.8, 4) is 33.4 Å². The minimum absolute atomic E-state index is 0.0788. The van der Waals surface area contributed by atoms with Crippen LogP contribution in [0.3, 0.4) is 0 Å². The fraction of sp³-hybridized carbons (Fsp3) is 0.238. The van der Waals surface area contributed by atoms with Crippen molar-refractivity contribution >= 4 is 22.7 Å². The van der Waals surface area contributed by atoms with E-state index in [-0.39, 0.29) is 27.3 Å². The molecule has 0 aromatic heterocycles. The maximum absolute atomic E-state index is 2.67. The molecule has 8 aromatic rings. The van der Waals surface area contributed by atoms with Crippen LogP contribution in [-0.2, 0) is 27.3 Å². The van der Waals surface area contributed by atoms with Gasteiger partial charge in [0.15, 0.2) is 0 Å². The molecule has 318 valence electrons. The van der Waals surface area contributed by atoms with E-state index in [1.54, 1.807) is 0 Å². The van der Waals surface area contributed by atoms with Crippen LogP contribution in [0.2, 0.25) is 0 Å². The Labute approximate surface area is 385 Å². The van der Waals surface area contributed by atoms with Gasteiger partial charge in [-0.05, 0) is 163 Å². The van der Waals surface area contributed by atoms with Crippen molar-refractivity contribution in [2.24, 2.45) is 0 Å². The summed E-state index contributed by atoms with van der Waals surface area (Å²) in [6.07, 6.45) is 1.96. The molecule has 0 N–H and O–H groups in total. The van der Waals surface area contributed by atoms with Crippen LogP contribution in [-0.4, -0.2) is 0 Å². The van der Waals surface area contributed by atoms with Gasteiger partial charge in [-0.25, -0.2) is 0 Å². The van der Waals surface area contributed by atoms with Gasteiger partial charge in [-0.1, -0.05) is 165 Å². The van der Waals surface area contributed by atoms with E-state index in [4.69, 9.17) is 0 Å². The molecule has 2 unspecified atom stereocenters. The third-order valence-corrected chi connectivity index (χ3v) is 17.1. The van der Waals surface area contributed by atoms with Crippen molar-refractivity contribution in [2.75, 3.05) is 9.80 Å². The molecule has 0 saturated heterocycles. The van der Waals surface area contributed by atoms with E-state index in [0.29, 0.717) is 0 Å². The Morgan fingerprint density at radius 3 is 1.00 bits per heavy atom. The van der Waals surface area contributed by atoms with Crippen LogP contribution in [0.1, 0.15) is 124 Å². The lowest BCUT2D eigenvalue weighted by molar-refractivity contribution is 0.605. The Hall–Kier alpha value is -6.64. The molecule has 0 spiro atoms. The molecular weight excluding hydrogens is 785 g/mol. The van der Waals surface area contributed by atoms with Gasteiger partial charge in [-0.15, -0.1) is 0 Å². The average molecular weight is 841 g/mol. The Kier molecular flexibility index (Phi) is 7.63. The van der Waals surface area contributed by atoms with Gasteiger partial charge in [-0.2, -0.15) is 0 Å². The fourth-order valence-electron chi connectivity index (χ4n) is 13.6. The van der Waals surface area contributed by atoms with E-state index < -0.39 is 0 Å². The largest absolute Gasteiger partial charge is 0.327 e. The number of hydrogen-bond acceptors (Lipinski definition) is 2. The second-order valence-electron chi connectivity index (χ2n) is 21.1. The normalized spacial score (nSPS) is 20.6. The molecule has 0 fully saturated rings. The van der Waals surface area contributed by atoms with Crippen LogP contribution in [0.5, 0.6) is 0 Å². The molecule has 0 saturated carbocycles. The highest BCUT2D eigenvalue weighted by Crippen LogP contribution is 2.67. The average Bonchev–Trinajstić information content (AvgIpc) is 4.09. The quantitative estimate of drug-likeness (QED) is 0.150. The molecular formula is C63H56N2. The Morgan fingerprint density at radius 1 is 0.277 bits per heavy atom. The second-order valence-corrected chi connectivity index (χ2v) is 21.1. The first-order chi connectivity index (χ1) is 31.4. The van der Waals surface area contributed by atoms with Crippen molar-refractivity contribution in [3.63, 3.8) is 0 Å². The minimum atomic E-state index is -0.243. The zero-order valence-corrected chi connectivity index (χ0v) is 39.0. The summed E-state index contributed by atoms with van der Waals surface area (Å²) in [5, 5.41) is 0. The summed E-state index contributed by atoms with van der Waals surface area (Å²) >= 11 is 0. The first kappa shape index (κ1) is 38.8. The molecule has 5 aliphatic carbocycles. The summed E-state index contributed by atoms with van der Waals surface area (Å²) in [6.45, 7) is 19.3. The third kappa shape index (κ3) is 4.80. The van der Waals surface area contributed by atoms with Gasteiger partial charge in [-0.3, -0.25) is 0 Å². The van der Waals surface area contributed by atoms with Crippen LogP contribution in [0.15, 0.2) is 170 Å². The minimum Gasteiger partial charge on any atom is -0.327 e. The van der Waals surface area contributed by atoms with E-state index in [1.807, 2.05) is 0 Å². The first-order valence-corrected chi connectivity index (χ1v) is 24.0. The van der Waals surface area contributed by atoms with Crippen molar-refractivity contribution in [2.45, 2.75) is 95.6 Å². The van der Waals surface area contributed by atoms with Gasteiger partial charge in [0.05, 0.1) is 11.1 Å². The highest BCUT2D eigenvalue weighted by molar-refractivity contribution is 5.92. The lowest BCUT2D eigenvalue weighted by Gasteiger charge is -2.35. The molecule has 0 aliphatic heterocycles. The number of rotatable bonds is 8. The van der Waals surface area contributed by atoms with Crippen molar-refractivity contribution < 1.29 is 0 Å². The van der Waals surface area contributed by atoms with Crippen molar-refractivity contribution in [1.82, 2.24) is 0 Å². The van der Waals surface area contributed by atoms with Gasteiger partial charge in [0.2, 0.25) is 0 Å². The molecule has 0 amide bonds. The maximum atomic E-state index is 2.67. The summed E-state index contributed by atoms with van der Waals surface area (Å²) in [5.74, 6) is 0. The standard InChI is InChI=1S/C63H56N2/c1-9-62(64(39-21-13-11-14-22-39)41-29-31-45-43-25-17-19-27-49(43)59(3,4)51(45)33-41)55-35-47-48-36-56-58(38-54(48)61(7,8)53(47)37-57(55)62)63(56,10-2)65(40-23-15-12-16-24-40)42-30-32-46-44-26-18-20-28-50(44)60(5,6)52(46)34-42/h11-38H,9-10H2,1-8H3. The van der Waals surface area contributed by atoms with E-state index in [1.165, 1.54) is 112 Å². The van der Waals surface area contributed by atoms with E-state index in [0.717, 1.165) is 12.8 Å². The van der Waals surface area contributed by atoms with Gasteiger partial charge in [0.1, 0.15) is 0 Å². The summed E-state index contributed by atoms with van der Waals surface area (Å²) < 4.78 is 0. The number of hydrogen-bond donors (Lipinski definition) is 0. The SMILES string of the molecule is CCC1(N(c2ccccc2)c2ccc3c(c2)C(C)(C)c2ccccc2-3)c2cc3c(cc21)C(C)(C)c1cc2c(cc1-3)C2(CC)N(c1ccccc1)c1ccc2c(c1)C(C)(C)c1ccccc1-2. The molecule has 0 radical (unpaired) electrons. The van der Waals surface area contributed by atoms with Crippen molar-refractivity contribution in [1.29, 1.82) is 0 Å². The Balaban J connectivity index is 0.932. The van der Waals surface area contributed by atoms with Gasteiger partial charge >= 0.3 is 0 Å². The monoisotopic (exact) mass is 840 g/mol. The van der Waals surface area contributed by atoms with Gasteiger partial charge in [0.25, 0.3) is 0 Å². The predicted octanol–water partition coefficient (Wildman–Crippen LogP) is 16.2. The smallest absolute Gasteiger partial charge is 0.0960 e. The number of nitrogens with zero attached hydrogens (tertiary/aromatic N) is 2. The molecule has 65 heavy (non-hydrogen) atoms. The number of para-hydroxylation sites is 2. The summed E-state index contributed by atoms with van der Waals surface area (Å²) in [4.78, 5) is 5.34. The molecule has 5 aliphatic rings. The van der Waals surface area contributed by atoms with E-state index in [2.05, 4.69) is 235 Å². The number of fused-ring (bicyclic) bond motifs is 11. The Morgan fingerprint density at radius 2 is 0.600 bits per heavy atom. The van der Waals surface area contributed by atoms with Crippen LogP contribution >= 0.6 is 0 Å². The molecule has 0 bridgehead atoms. The predicted molar refractivity (Wildman–Crippen MR) is 271 cm³/mol. The third-order valence-electron chi connectivity index (χ3n) is 17.1. The lowest BCUT2D eigenvalue weighted by Crippen LogP contribution is -2.32. The zero-order valence-electron chi connectivity index (χ0n) is 39.0. The van der Waals surface area contributed by atoms with Crippen LogP contribution in [0.4, 0.5) is 22.7 Å². The topological polar surface area (TPSA) is 6.48 Å². The summed E-state index contributed by atoms with van der Waals surface area (Å²) in [5.41, 5.74) is 26.8. The molecule has 8 aromatic carbocycles. The number of benzene rings is 8. The number of anilines is 4. The van der Waals surface area contributed by atoms with Crippen LogP contribution in [0, 0.1) is 0 Å². The lowest BCUT2D eigenvalue weighted by atomic mass is 9.82. The van der Waals surface area contributed by atoms with Crippen LogP contribution in [0.25, 0.3) is 33.4 Å². The fourth-order valence-corrected chi connectivity index (χ4v) is 13.6. The van der Waals surface area contributed by atoms with Crippen LogP contribution < -0.4 is 9.80 Å². The molecule has 2 heteroatoms. The molecule has 0 heterocycles. The van der Waals surface area contributed by atoms with E-state index in [9.17, 15) is 0 Å². The molecule has 2 nitrogen and oxygen atoms in total. The van der Waals surface area contributed by atoms with Crippen molar-refractivity contribution in [3.05, 3.63) is 225 Å². The zero-order chi connectivity index (χ0) is 44.4. The first-order valence-electron chi connectivity index (χ1n) is 24.0. The maximum Gasteiger partial charge on any atom is 0.0960 e. The highest BCUT2D eigenvalue weighted by atomic mass is 15.3.